The second-order valence-corrected chi connectivity index (χ2v) is 5.94. The summed E-state index contributed by atoms with van der Waals surface area (Å²) in [6, 6.07) is 7.74. The molecule has 19 heavy (non-hydrogen) atoms. The molecule has 2 aromatic rings. The lowest BCUT2D eigenvalue weighted by molar-refractivity contribution is 0.107. The Kier molecular flexibility index (Phi) is 4.42. The van der Waals surface area contributed by atoms with E-state index in [2.05, 4.69) is 34.8 Å². The van der Waals surface area contributed by atoms with Crippen molar-refractivity contribution in [2.75, 3.05) is 0 Å². The zero-order valence-corrected chi connectivity index (χ0v) is 13.1. The summed E-state index contributed by atoms with van der Waals surface area (Å²) < 4.78 is 2.89. The second kappa shape index (κ2) is 5.88. The van der Waals surface area contributed by atoms with E-state index in [0.717, 1.165) is 22.3 Å². The van der Waals surface area contributed by atoms with Crippen LogP contribution in [0.25, 0.3) is 11.3 Å². The van der Waals surface area contributed by atoms with Crippen molar-refractivity contribution in [2.45, 2.75) is 20.4 Å². The molecule has 100 valence electrons. The van der Waals surface area contributed by atoms with E-state index in [9.17, 15) is 4.79 Å². The molecule has 0 amide bonds. The first-order chi connectivity index (χ1) is 9.00. The lowest BCUT2D eigenvalue weighted by Gasteiger charge is -2.12. The number of carbonyl (C=O) groups excluding carboxylic acids is 1. The van der Waals surface area contributed by atoms with Gasteiger partial charge in [-0.25, -0.2) is 4.98 Å². The Morgan fingerprint density at radius 3 is 2.68 bits per heavy atom. The summed E-state index contributed by atoms with van der Waals surface area (Å²) in [5.74, 6) is 0.453. The molecule has 0 radical (unpaired) electrons. The molecule has 5 heteroatoms. The first-order valence-corrected chi connectivity index (χ1v) is 7.17. The van der Waals surface area contributed by atoms with Crippen molar-refractivity contribution < 1.29 is 4.79 Å². The number of carbonyl (C=O) groups is 1. The van der Waals surface area contributed by atoms with Gasteiger partial charge >= 0.3 is 0 Å². The van der Waals surface area contributed by atoms with E-state index in [1.54, 1.807) is 6.33 Å². The van der Waals surface area contributed by atoms with Gasteiger partial charge in [-0.05, 0) is 23.6 Å². The molecule has 2 rings (SSSR count). The molecule has 0 saturated heterocycles. The van der Waals surface area contributed by atoms with Crippen LogP contribution in [0.1, 0.15) is 24.3 Å². The van der Waals surface area contributed by atoms with Crippen molar-refractivity contribution in [2.24, 2.45) is 5.92 Å². The quantitative estimate of drug-likeness (QED) is 0.775. The fourth-order valence-electron chi connectivity index (χ4n) is 1.99. The normalized spacial score (nSPS) is 11.0. The minimum atomic E-state index is -0.534. The van der Waals surface area contributed by atoms with Crippen LogP contribution in [0.3, 0.4) is 0 Å². The Morgan fingerprint density at radius 2 is 2.11 bits per heavy atom. The lowest BCUT2D eigenvalue weighted by Crippen LogP contribution is -2.06. The zero-order valence-electron chi connectivity index (χ0n) is 10.7. The highest BCUT2D eigenvalue weighted by atomic mass is 79.9. The highest BCUT2D eigenvalue weighted by molar-refractivity contribution is 9.10. The minimum Gasteiger partial charge on any atom is -0.330 e. The molecule has 0 unspecified atom stereocenters. The standard InChI is InChI=1S/C14H14BrClN2O/c1-9(2)7-18-8-17-12(14(16)19)13(18)10-5-3-4-6-11(10)15/h3-6,8-9H,7H2,1-2H3. The van der Waals surface area contributed by atoms with E-state index in [4.69, 9.17) is 11.6 Å². The molecule has 0 spiro atoms. The first kappa shape index (κ1) is 14.3. The van der Waals surface area contributed by atoms with Crippen molar-refractivity contribution in [3.05, 3.63) is 40.8 Å². The average molecular weight is 342 g/mol. The van der Waals surface area contributed by atoms with Gasteiger partial charge in [0.1, 0.15) is 5.69 Å². The molecule has 1 heterocycles. The van der Waals surface area contributed by atoms with Gasteiger partial charge in [0.05, 0.1) is 12.0 Å². The maximum Gasteiger partial charge on any atom is 0.273 e. The van der Waals surface area contributed by atoms with Crippen LogP contribution in [-0.2, 0) is 6.54 Å². The van der Waals surface area contributed by atoms with Gasteiger partial charge in [0.25, 0.3) is 5.24 Å². The first-order valence-electron chi connectivity index (χ1n) is 6.00. The molecule has 0 bridgehead atoms. The second-order valence-electron chi connectivity index (χ2n) is 4.74. The van der Waals surface area contributed by atoms with Crippen LogP contribution in [0.2, 0.25) is 0 Å². The van der Waals surface area contributed by atoms with E-state index in [-0.39, 0.29) is 0 Å². The van der Waals surface area contributed by atoms with Crippen LogP contribution >= 0.6 is 27.5 Å². The third-order valence-electron chi connectivity index (χ3n) is 2.71. The van der Waals surface area contributed by atoms with Crippen molar-refractivity contribution in [3.63, 3.8) is 0 Å². The molecule has 0 fully saturated rings. The highest BCUT2D eigenvalue weighted by Gasteiger charge is 2.19. The number of aromatic nitrogens is 2. The van der Waals surface area contributed by atoms with E-state index in [0.29, 0.717) is 11.6 Å². The lowest BCUT2D eigenvalue weighted by atomic mass is 10.1. The molecule has 0 aliphatic carbocycles. The largest absolute Gasteiger partial charge is 0.330 e. The molecule has 1 aromatic heterocycles. The number of hydrogen-bond donors (Lipinski definition) is 0. The number of rotatable bonds is 4. The van der Waals surface area contributed by atoms with Crippen LogP contribution in [0.4, 0.5) is 0 Å². The van der Waals surface area contributed by atoms with E-state index in [1.807, 2.05) is 28.8 Å². The van der Waals surface area contributed by atoms with E-state index >= 15 is 0 Å². The summed E-state index contributed by atoms with van der Waals surface area (Å²) in [4.78, 5) is 15.7. The van der Waals surface area contributed by atoms with E-state index in [1.165, 1.54) is 0 Å². The topological polar surface area (TPSA) is 34.9 Å². The van der Waals surface area contributed by atoms with Crippen molar-refractivity contribution in [1.29, 1.82) is 0 Å². The van der Waals surface area contributed by atoms with Crippen LogP contribution in [0.5, 0.6) is 0 Å². The Hall–Kier alpha value is -1.13. The van der Waals surface area contributed by atoms with Gasteiger partial charge in [0, 0.05) is 16.6 Å². The van der Waals surface area contributed by atoms with Gasteiger partial charge in [0.2, 0.25) is 0 Å². The SMILES string of the molecule is CC(C)Cn1cnc(C(=O)Cl)c1-c1ccccc1Br. The highest BCUT2D eigenvalue weighted by Crippen LogP contribution is 2.31. The Labute approximate surface area is 125 Å². The van der Waals surface area contributed by atoms with E-state index < -0.39 is 5.24 Å². The molecule has 3 nitrogen and oxygen atoms in total. The van der Waals surface area contributed by atoms with Gasteiger partial charge in [-0.3, -0.25) is 4.79 Å². The fraction of sp³-hybridized carbons (Fsp3) is 0.286. The van der Waals surface area contributed by atoms with Crippen LogP contribution < -0.4 is 0 Å². The third-order valence-corrected chi connectivity index (χ3v) is 3.59. The molecular weight excluding hydrogens is 328 g/mol. The van der Waals surface area contributed by atoms with Gasteiger partial charge < -0.3 is 4.57 Å². The predicted octanol–water partition coefficient (Wildman–Crippen LogP) is 4.35. The molecule has 0 aliphatic heterocycles. The molecule has 1 aromatic carbocycles. The van der Waals surface area contributed by atoms with Gasteiger partial charge in [0.15, 0.2) is 0 Å². The summed E-state index contributed by atoms with van der Waals surface area (Å²) in [7, 11) is 0. The van der Waals surface area contributed by atoms with Gasteiger partial charge in [-0.2, -0.15) is 0 Å². The van der Waals surface area contributed by atoms with Crippen LogP contribution in [-0.4, -0.2) is 14.8 Å². The average Bonchev–Trinajstić information content (AvgIpc) is 2.72. The minimum absolute atomic E-state index is 0.300. The molecule has 0 aliphatic rings. The Bertz CT molecular complexity index is 607. The van der Waals surface area contributed by atoms with Gasteiger partial charge in [-0.15, -0.1) is 0 Å². The number of nitrogens with zero attached hydrogens (tertiary/aromatic N) is 2. The molecule has 0 saturated carbocycles. The molecule has 0 atom stereocenters. The van der Waals surface area contributed by atoms with Crippen LogP contribution in [0, 0.1) is 5.92 Å². The zero-order chi connectivity index (χ0) is 14.0. The monoisotopic (exact) mass is 340 g/mol. The third kappa shape index (κ3) is 3.07. The fourth-order valence-corrected chi connectivity index (χ4v) is 2.60. The summed E-state index contributed by atoms with van der Waals surface area (Å²) >= 11 is 9.14. The maximum absolute atomic E-state index is 11.5. The summed E-state index contributed by atoms with van der Waals surface area (Å²) in [5.41, 5.74) is 1.99. The van der Waals surface area contributed by atoms with Gasteiger partial charge in [-0.1, -0.05) is 48.0 Å². The van der Waals surface area contributed by atoms with Crippen molar-refractivity contribution in [1.82, 2.24) is 9.55 Å². The smallest absolute Gasteiger partial charge is 0.273 e. The predicted molar refractivity (Wildman–Crippen MR) is 80.4 cm³/mol. The Morgan fingerprint density at radius 1 is 1.42 bits per heavy atom. The molecular formula is C14H14BrClN2O. The van der Waals surface area contributed by atoms with Crippen molar-refractivity contribution in [3.8, 4) is 11.3 Å². The van der Waals surface area contributed by atoms with Crippen LogP contribution in [0.15, 0.2) is 35.1 Å². The summed E-state index contributed by atoms with van der Waals surface area (Å²) in [6.07, 6.45) is 1.67. The number of imidazole rings is 1. The summed E-state index contributed by atoms with van der Waals surface area (Å²) in [6.45, 7) is 5.02. The summed E-state index contributed by atoms with van der Waals surface area (Å²) in [5, 5.41) is -0.534. The Balaban J connectivity index is 2.61. The van der Waals surface area contributed by atoms with Crippen molar-refractivity contribution >= 4 is 32.8 Å². The molecule has 0 N–H and O–H groups in total. The number of hydrogen-bond acceptors (Lipinski definition) is 2. The number of benzene rings is 1. The maximum atomic E-state index is 11.5. The number of halogens is 2.